The molecule has 2 rings (SSSR count). The van der Waals surface area contributed by atoms with Gasteiger partial charge >= 0.3 is 0 Å². The Hall–Kier alpha value is -2.17. The van der Waals surface area contributed by atoms with Gasteiger partial charge in [-0.05, 0) is 17.7 Å². The van der Waals surface area contributed by atoms with Crippen LogP contribution >= 0.6 is 0 Å². The molecule has 0 fully saturated rings. The third-order valence-electron chi connectivity index (χ3n) is 2.59. The Morgan fingerprint density at radius 2 is 2.11 bits per heavy atom. The van der Waals surface area contributed by atoms with Crippen LogP contribution in [0.5, 0.6) is 0 Å². The topological polar surface area (TPSA) is 38.1 Å². The minimum absolute atomic E-state index is 0.203. The maximum Gasteiger partial charge on any atom is 0.269 e. The normalized spacial score (nSPS) is 10.4. The molecule has 0 bridgehead atoms. The molecule has 4 nitrogen and oxygen atoms in total. The standard InChI is InChI=1S/C13H14FN3O/c1-16(2)12-7-13(18)17(15-8-12)9-10-4-3-5-11(14)6-10/h3-8H,9H2,1-2H3. The molecule has 0 N–H and O–H groups in total. The van der Waals surface area contributed by atoms with Crippen molar-refractivity contribution in [3.8, 4) is 0 Å². The van der Waals surface area contributed by atoms with Crippen LogP contribution in [-0.4, -0.2) is 23.9 Å². The van der Waals surface area contributed by atoms with E-state index in [1.54, 1.807) is 23.2 Å². The van der Waals surface area contributed by atoms with Crippen LogP contribution in [-0.2, 0) is 6.54 Å². The zero-order valence-corrected chi connectivity index (χ0v) is 10.3. The maximum atomic E-state index is 13.0. The Bertz CT molecular complexity index is 607. The van der Waals surface area contributed by atoms with Gasteiger partial charge in [0.15, 0.2) is 0 Å². The van der Waals surface area contributed by atoms with E-state index in [2.05, 4.69) is 5.10 Å². The lowest BCUT2D eigenvalue weighted by Crippen LogP contribution is -2.24. The molecular weight excluding hydrogens is 233 g/mol. The van der Waals surface area contributed by atoms with Gasteiger partial charge in [-0.15, -0.1) is 0 Å². The first kappa shape index (κ1) is 12.3. The van der Waals surface area contributed by atoms with Gasteiger partial charge in [0.1, 0.15) is 5.82 Å². The Morgan fingerprint density at radius 1 is 1.33 bits per heavy atom. The van der Waals surface area contributed by atoms with Crippen LogP contribution in [0.3, 0.4) is 0 Å². The Balaban J connectivity index is 2.28. The van der Waals surface area contributed by atoms with E-state index in [0.29, 0.717) is 5.56 Å². The molecule has 5 heteroatoms. The summed E-state index contributed by atoms with van der Waals surface area (Å²) < 4.78 is 14.3. The van der Waals surface area contributed by atoms with Gasteiger partial charge in [0.25, 0.3) is 5.56 Å². The van der Waals surface area contributed by atoms with Gasteiger partial charge in [-0.2, -0.15) is 5.10 Å². The Labute approximate surface area is 104 Å². The molecule has 0 saturated carbocycles. The summed E-state index contributed by atoms with van der Waals surface area (Å²) in [7, 11) is 3.68. The van der Waals surface area contributed by atoms with Crippen molar-refractivity contribution in [1.82, 2.24) is 9.78 Å². The molecule has 0 aliphatic rings. The molecule has 0 atom stereocenters. The number of benzene rings is 1. The predicted molar refractivity (Wildman–Crippen MR) is 68.3 cm³/mol. The molecule has 0 aliphatic carbocycles. The third kappa shape index (κ3) is 2.74. The first-order valence-electron chi connectivity index (χ1n) is 5.55. The highest BCUT2D eigenvalue weighted by Gasteiger charge is 2.03. The van der Waals surface area contributed by atoms with Crippen molar-refractivity contribution in [2.75, 3.05) is 19.0 Å². The van der Waals surface area contributed by atoms with Crippen LogP contribution in [0.4, 0.5) is 10.1 Å². The molecule has 0 radical (unpaired) electrons. The van der Waals surface area contributed by atoms with Gasteiger partial charge in [0.2, 0.25) is 0 Å². The Kier molecular flexibility index (Phi) is 3.41. The molecule has 2 aromatic rings. The monoisotopic (exact) mass is 247 g/mol. The molecule has 0 saturated heterocycles. The summed E-state index contributed by atoms with van der Waals surface area (Å²) in [4.78, 5) is 13.6. The quantitative estimate of drug-likeness (QED) is 0.825. The van der Waals surface area contributed by atoms with Crippen LogP contribution in [0.2, 0.25) is 0 Å². The van der Waals surface area contributed by atoms with Crippen LogP contribution in [0.1, 0.15) is 5.56 Å². The maximum absolute atomic E-state index is 13.0. The van der Waals surface area contributed by atoms with Gasteiger partial charge in [-0.3, -0.25) is 4.79 Å². The first-order chi connectivity index (χ1) is 8.56. The molecule has 1 aromatic heterocycles. The van der Waals surface area contributed by atoms with Crippen molar-refractivity contribution in [3.05, 3.63) is 58.3 Å². The van der Waals surface area contributed by atoms with Crippen LogP contribution < -0.4 is 10.5 Å². The summed E-state index contributed by atoms with van der Waals surface area (Å²) in [6, 6.07) is 7.65. The number of rotatable bonds is 3. The SMILES string of the molecule is CN(C)c1cnn(Cc2cccc(F)c2)c(=O)c1. The fraction of sp³-hybridized carbons (Fsp3) is 0.231. The number of anilines is 1. The van der Waals surface area contributed by atoms with E-state index in [1.165, 1.54) is 22.9 Å². The van der Waals surface area contributed by atoms with Gasteiger partial charge in [0, 0.05) is 20.2 Å². The van der Waals surface area contributed by atoms with Crippen molar-refractivity contribution < 1.29 is 4.39 Å². The lowest BCUT2D eigenvalue weighted by Gasteiger charge is -2.12. The molecule has 94 valence electrons. The summed E-state index contributed by atoms with van der Waals surface area (Å²) in [6.07, 6.45) is 1.61. The summed E-state index contributed by atoms with van der Waals surface area (Å²) in [6.45, 7) is 0.268. The van der Waals surface area contributed by atoms with E-state index in [1.807, 2.05) is 14.1 Å². The summed E-state index contributed by atoms with van der Waals surface area (Å²) in [5, 5.41) is 4.06. The number of hydrogen-bond acceptors (Lipinski definition) is 3. The zero-order chi connectivity index (χ0) is 13.1. The molecular formula is C13H14FN3O. The lowest BCUT2D eigenvalue weighted by atomic mass is 10.2. The average Bonchev–Trinajstić information content (AvgIpc) is 2.31. The number of halogens is 1. The average molecular weight is 247 g/mol. The molecule has 0 spiro atoms. The summed E-state index contributed by atoms with van der Waals surface area (Å²) in [5.41, 5.74) is 1.25. The summed E-state index contributed by atoms with van der Waals surface area (Å²) in [5.74, 6) is -0.314. The van der Waals surface area contributed by atoms with Gasteiger partial charge in [0.05, 0.1) is 18.4 Å². The molecule has 1 aromatic carbocycles. The zero-order valence-electron chi connectivity index (χ0n) is 10.3. The minimum Gasteiger partial charge on any atom is -0.376 e. The smallest absolute Gasteiger partial charge is 0.269 e. The van der Waals surface area contributed by atoms with E-state index in [-0.39, 0.29) is 17.9 Å². The van der Waals surface area contributed by atoms with E-state index in [0.717, 1.165) is 5.69 Å². The van der Waals surface area contributed by atoms with Crippen molar-refractivity contribution in [3.63, 3.8) is 0 Å². The van der Waals surface area contributed by atoms with E-state index in [9.17, 15) is 9.18 Å². The Morgan fingerprint density at radius 3 is 2.72 bits per heavy atom. The number of nitrogens with zero attached hydrogens (tertiary/aromatic N) is 3. The second-order valence-corrected chi connectivity index (χ2v) is 4.23. The lowest BCUT2D eigenvalue weighted by molar-refractivity contribution is 0.610. The van der Waals surface area contributed by atoms with Crippen LogP contribution in [0.25, 0.3) is 0 Å². The van der Waals surface area contributed by atoms with Crippen molar-refractivity contribution in [2.45, 2.75) is 6.54 Å². The second kappa shape index (κ2) is 5.00. The molecule has 1 heterocycles. The molecule has 18 heavy (non-hydrogen) atoms. The highest BCUT2D eigenvalue weighted by molar-refractivity contribution is 5.40. The third-order valence-corrected chi connectivity index (χ3v) is 2.59. The fourth-order valence-corrected chi connectivity index (χ4v) is 1.60. The molecule has 0 aliphatic heterocycles. The predicted octanol–water partition coefficient (Wildman–Crippen LogP) is 1.50. The molecule has 0 unspecified atom stereocenters. The van der Waals surface area contributed by atoms with Crippen LogP contribution in [0, 0.1) is 5.82 Å². The van der Waals surface area contributed by atoms with E-state index < -0.39 is 0 Å². The summed E-state index contributed by atoms with van der Waals surface area (Å²) >= 11 is 0. The van der Waals surface area contributed by atoms with Crippen molar-refractivity contribution in [1.29, 1.82) is 0 Å². The van der Waals surface area contributed by atoms with E-state index in [4.69, 9.17) is 0 Å². The van der Waals surface area contributed by atoms with E-state index >= 15 is 0 Å². The number of aromatic nitrogens is 2. The second-order valence-electron chi connectivity index (χ2n) is 4.23. The minimum atomic E-state index is -0.314. The van der Waals surface area contributed by atoms with Gasteiger partial charge < -0.3 is 4.90 Å². The fourth-order valence-electron chi connectivity index (χ4n) is 1.60. The van der Waals surface area contributed by atoms with Gasteiger partial charge in [-0.25, -0.2) is 9.07 Å². The first-order valence-corrected chi connectivity index (χ1v) is 5.55. The largest absolute Gasteiger partial charge is 0.376 e. The van der Waals surface area contributed by atoms with Crippen LogP contribution in [0.15, 0.2) is 41.3 Å². The molecule has 0 amide bonds. The highest BCUT2D eigenvalue weighted by atomic mass is 19.1. The van der Waals surface area contributed by atoms with Gasteiger partial charge in [-0.1, -0.05) is 12.1 Å². The van der Waals surface area contributed by atoms with Crippen molar-refractivity contribution >= 4 is 5.69 Å². The van der Waals surface area contributed by atoms with Crippen molar-refractivity contribution in [2.24, 2.45) is 0 Å². The number of hydrogen-bond donors (Lipinski definition) is 0. The highest BCUT2D eigenvalue weighted by Crippen LogP contribution is 2.06.